The number of rotatable bonds is 3. The van der Waals surface area contributed by atoms with Crippen molar-refractivity contribution < 1.29 is 9.59 Å². The SMILES string of the molecule is CC(=O)N1CCc2c(sc(NC(=O)c3cnc4ccccc4n3)c2-c2nc3ccccc3s2)C1. The van der Waals surface area contributed by atoms with Crippen molar-refractivity contribution in [3.8, 4) is 10.6 Å². The quantitative estimate of drug-likeness (QED) is 0.383. The van der Waals surface area contributed by atoms with E-state index >= 15 is 0 Å². The number of thiazole rings is 1. The van der Waals surface area contributed by atoms with E-state index < -0.39 is 0 Å². The molecule has 6 rings (SSSR count). The molecule has 0 fully saturated rings. The van der Waals surface area contributed by atoms with Gasteiger partial charge in [0.15, 0.2) is 0 Å². The largest absolute Gasteiger partial charge is 0.337 e. The predicted octanol–water partition coefficient (Wildman–Crippen LogP) is 5.12. The molecule has 0 saturated carbocycles. The van der Waals surface area contributed by atoms with Gasteiger partial charge in [-0.15, -0.1) is 22.7 Å². The van der Waals surface area contributed by atoms with E-state index in [1.54, 1.807) is 18.3 Å². The Bertz CT molecular complexity index is 1560. The fourth-order valence-electron chi connectivity index (χ4n) is 4.20. The van der Waals surface area contributed by atoms with Crippen molar-refractivity contribution in [2.24, 2.45) is 0 Å². The molecule has 1 aliphatic heterocycles. The number of nitrogens with zero attached hydrogens (tertiary/aromatic N) is 4. The van der Waals surface area contributed by atoms with Gasteiger partial charge >= 0.3 is 0 Å². The Morgan fingerprint density at radius 2 is 1.74 bits per heavy atom. The number of carbonyl (C=O) groups is 2. The molecule has 7 nitrogen and oxygen atoms in total. The third kappa shape index (κ3) is 3.63. The van der Waals surface area contributed by atoms with Gasteiger partial charge in [0, 0.05) is 23.9 Å². The highest BCUT2D eigenvalue weighted by atomic mass is 32.1. The molecule has 0 aliphatic carbocycles. The minimum atomic E-state index is -0.317. The van der Waals surface area contributed by atoms with Crippen molar-refractivity contribution in [2.45, 2.75) is 19.9 Å². The molecule has 2 aromatic carbocycles. The molecule has 9 heteroatoms. The average Bonchev–Trinajstić information content (AvgIpc) is 3.43. The number of benzene rings is 2. The molecule has 3 aromatic heterocycles. The second-order valence-electron chi connectivity index (χ2n) is 8.08. The molecule has 0 unspecified atom stereocenters. The maximum Gasteiger partial charge on any atom is 0.276 e. The maximum absolute atomic E-state index is 13.2. The number of hydrogen-bond acceptors (Lipinski definition) is 7. The van der Waals surface area contributed by atoms with Gasteiger partial charge in [0.05, 0.1) is 34.0 Å². The number of hydrogen-bond donors (Lipinski definition) is 1. The summed E-state index contributed by atoms with van der Waals surface area (Å²) in [6.45, 7) is 2.79. The van der Waals surface area contributed by atoms with Crippen LogP contribution in [0.2, 0.25) is 0 Å². The fraction of sp³-hybridized carbons (Fsp3) is 0.160. The lowest BCUT2D eigenvalue weighted by Gasteiger charge is -2.26. The number of carbonyl (C=O) groups excluding carboxylic acids is 2. The van der Waals surface area contributed by atoms with Crippen LogP contribution in [0, 0.1) is 0 Å². The minimum absolute atomic E-state index is 0.0533. The van der Waals surface area contributed by atoms with Gasteiger partial charge in [-0.1, -0.05) is 24.3 Å². The lowest BCUT2D eigenvalue weighted by atomic mass is 10.0. The molecule has 168 valence electrons. The number of aromatic nitrogens is 3. The van der Waals surface area contributed by atoms with Gasteiger partial charge in [-0.3, -0.25) is 14.6 Å². The van der Waals surface area contributed by atoms with Crippen LogP contribution in [-0.2, 0) is 17.8 Å². The monoisotopic (exact) mass is 485 g/mol. The smallest absolute Gasteiger partial charge is 0.276 e. The van der Waals surface area contributed by atoms with Crippen molar-refractivity contribution in [3.63, 3.8) is 0 Å². The maximum atomic E-state index is 13.2. The summed E-state index contributed by atoms with van der Waals surface area (Å²) < 4.78 is 1.09. The van der Waals surface area contributed by atoms with Crippen LogP contribution in [0.1, 0.15) is 27.9 Å². The number of thiophene rings is 1. The van der Waals surface area contributed by atoms with Crippen LogP contribution < -0.4 is 5.32 Å². The zero-order valence-electron chi connectivity index (χ0n) is 18.2. The van der Waals surface area contributed by atoms with Crippen molar-refractivity contribution in [3.05, 3.63) is 70.9 Å². The van der Waals surface area contributed by atoms with Gasteiger partial charge in [0.2, 0.25) is 5.91 Å². The minimum Gasteiger partial charge on any atom is -0.337 e. The van der Waals surface area contributed by atoms with Gasteiger partial charge in [0.25, 0.3) is 5.91 Å². The van der Waals surface area contributed by atoms with Crippen molar-refractivity contribution in [1.82, 2.24) is 19.9 Å². The highest BCUT2D eigenvalue weighted by molar-refractivity contribution is 7.23. The standard InChI is InChI=1S/C25H19N5O2S2/c1-14(31)30-11-10-15-21(13-30)34-25(22(15)24-28-18-8-4-5-9-20(18)33-24)29-23(32)19-12-26-16-6-2-3-7-17(16)27-19/h2-9,12H,10-11,13H2,1H3,(H,29,32). The molecular weight excluding hydrogens is 466 g/mol. The van der Waals surface area contributed by atoms with E-state index in [4.69, 9.17) is 4.98 Å². The molecular formula is C25H19N5O2S2. The lowest BCUT2D eigenvalue weighted by molar-refractivity contribution is -0.129. The molecule has 5 aromatic rings. The second-order valence-corrected chi connectivity index (χ2v) is 10.2. The number of fused-ring (bicyclic) bond motifs is 3. The molecule has 0 saturated heterocycles. The molecule has 0 atom stereocenters. The Morgan fingerprint density at radius 1 is 0.971 bits per heavy atom. The third-order valence-electron chi connectivity index (χ3n) is 5.92. The number of para-hydroxylation sites is 3. The van der Waals surface area contributed by atoms with Gasteiger partial charge in [0.1, 0.15) is 15.7 Å². The summed E-state index contributed by atoms with van der Waals surface area (Å²) in [6.07, 6.45) is 2.22. The first-order valence-electron chi connectivity index (χ1n) is 10.9. The summed E-state index contributed by atoms with van der Waals surface area (Å²) in [4.78, 5) is 41.8. The topological polar surface area (TPSA) is 88.1 Å². The first-order valence-corrected chi connectivity index (χ1v) is 12.5. The number of amides is 2. The molecule has 0 radical (unpaired) electrons. The Labute approximate surface area is 203 Å². The molecule has 2 amide bonds. The Balaban J connectivity index is 1.42. The summed E-state index contributed by atoms with van der Waals surface area (Å²) in [5.74, 6) is -0.264. The zero-order valence-corrected chi connectivity index (χ0v) is 19.9. The van der Waals surface area contributed by atoms with Gasteiger partial charge in [-0.2, -0.15) is 0 Å². The van der Waals surface area contributed by atoms with Crippen LogP contribution in [0.3, 0.4) is 0 Å². The summed E-state index contributed by atoms with van der Waals surface area (Å²) in [6, 6.07) is 15.5. The van der Waals surface area contributed by atoms with Crippen molar-refractivity contribution in [1.29, 1.82) is 0 Å². The fourth-order valence-corrected chi connectivity index (χ4v) is 6.57. The highest BCUT2D eigenvalue weighted by Gasteiger charge is 2.29. The van der Waals surface area contributed by atoms with Gasteiger partial charge in [-0.05, 0) is 36.2 Å². The van der Waals surface area contributed by atoms with E-state index in [2.05, 4.69) is 21.4 Å². The number of anilines is 1. The highest BCUT2D eigenvalue weighted by Crippen LogP contribution is 2.45. The van der Waals surface area contributed by atoms with E-state index in [0.717, 1.165) is 48.2 Å². The molecule has 1 aliphatic rings. The van der Waals surface area contributed by atoms with Gasteiger partial charge < -0.3 is 10.2 Å². The van der Waals surface area contributed by atoms with E-state index in [1.165, 1.54) is 17.5 Å². The van der Waals surface area contributed by atoms with Crippen molar-refractivity contribution in [2.75, 3.05) is 11.9 Å². The molecule has 0 spiro atoms. The average molecular weight is 486 g/mol. The van der Waals surface area contributed by atoms with Crippen LogP contribution in [0.4, 0.5) is 5.00 Å². The third-order valence-corrected chi connectivity index (χ3v) is 8.10. The van der Waals surface area contributed by atoms with Crippen LogP contribution in [0.5, 0.6) is 0 Å². The van der Waals surface area contributed by atoms with E-state index in [-0.39, 0.29) is 17.5 Å². The second kappa shape index (κ2) is 8.27. The van der Waals surface area contributed by atoms with Crippen molar-refractivity contribution >= 4 is 60.7 Å². The van der Waals surface area contributed by atoms with Crippen LogP contribution in [-0.4, -0.2) is 38.2 Å². The Kier molecular flexibility index (Phi) is 5.08. The predicted molar refractivity (Wildman–Crippen MR) is 135 cm³/mol. The first kappa shape index (κ1) is 20.9. The normalized spacial score (nSPS) is 13.3. The first-order chi connectivity index (χ1) is 16.6. The van der Waals surface area contributed by atoms with E-state index in [1.807, 2.05) is 47.4 Å². The summed E-state index contributed by atoms with van der Waals surface area (Å²) in [7, 11) is 0. The van der Waals surface area contributed by atoms with Crippen LogP contribution in [0.25, 0.3) is 31.8 Å². The zero-order chi connectivity index (χ0) is 23.2. The summed E-state index contributed by atoms with van der Waals surface area (Å²) >= 11 is 3.12. The van der Waals surface area contributed by atoms with Gasteiger partial charge in [-0.25, -0.2) is 9.97 Å². The summed E-state index contributed by atoms with van der Waals surface area (Å²) in [5.41, 5.74) is 4.70. The van der Waals surface area contributed by atoms with E-state index in [0.29, 0.717) is 18.6 Å². The van der Waals surface area contributed by atoms with Crippen LogP contribution >= 0.6 is 22.7 Å². The summed E-state index contributed by atoms with van der Waals surface area (Å²) in [5, 5.41) is 4.68. The molecule has 4 heterocycles. The Hall–Kier alpha value is -3.69. The molecule has 34 heavy (non-hydrogen) atoms. The lowest BCUT2D eigenvalue weighted by Crippen LogP contribution is -2.33. The van der Waals surface area contributed by atoms with Crippen LogP contribution in [0.15, 0.2) is 54.7 Å². The Morgan fingerprint density at radius 3 is 2.53 bits per heavy atom. The molecule has 1 N–H and O–H groups in total. The van der Waals surface area contributed by atoms with E-state index in [9.17, 15) is 9.59 Å². The number of nitrogens with one attached hydrogen (secondary N) is 1. The molecule has 0 bridgehead atoms.